The average molecular weight is 421 g/mol. The molecule has 0 radical (unpaired) electrons. The number of aryl methyl sites for hydroxylation is 2. The lowest BCUT2D eigenvalue weighted by atomic mass is 10.3. The molecule has 5 rings (SSSR count). The summed E-state index contributed by atoms with van der Waals surface area (Å²) in [5.74, 6) is 2.01. The number of rotatable bonds is 4. The predicted molar refractivity (Wildman–Crippen MR) is 114 cm³/mol. The molecule has 3 heterocycles. The van der Waals surface area contributed by atoms with Crippen molar-refractivity contribution in [2.45, 2.75) is 13.5 Å². The molecule has 0 saturated carbocycles. The first-order valence-electron chi connectivity index (χ1n) is 9.29. The Morgan fingerprint density at radius 1 is 1.13 bits per heavy atom. The molecule has 8 nitrogen and oxygen atoms in total. The zero-order valence-corrected chi connectivity index (χ0v) is 17.0. The van der Waals surface area contributed by atoms with Crippen LogP contribution in [0.4, 0.5) is 0 Å². The number of ether oxygens (including phenoxy) is 1. The second-order valence-corrected chi connectivity index (χ2v) is 7.44. The van der Waals surface area contributed by atoms with Crippen LogP contribution in [0.25, 0.3) is 22.1 Å². The Balaban J connectivity index is 1.45. The minimum atomic E-state index is -0.157. The van der Waals surface area contributed by atoms with E-state index in [4.69, 9.17) is 16.3 Å². The minimum absolute atomic E-state index is 0.157. The van der Waals surface area contributed by atoms with E-state index < -0.39 is 0 Å². The molecule has 0 fully saturated rings. The van der Waals surface area contributed by atoms with Gasteiger partial charge in [-0.25, -0.2) is 9.97 Å². The molecule has 3 aromatic heterocycles. The number of aromatic amines is 1. The van der Waals surface area contributed by atoms with Gasteiger partial charge in [0.2, 0.25) is 0 Å². The maximum atomic E-state index is 12.9. The van der Waals surface area contributed by atoms with E-state index in [1.807, 2.05) is 25.1 Å². The molecule has 0 spiro atoms. The van der Waals surface area contributed by atoms with Gasteiger partial charge in [-0.2, -0.15) is 5.10 Å². The van der Waals surface area contributed by atoms with Crippen LogP contribution in [0.1, 0.15) is 11.5 Å². The van der Waals surface area contributed by atoms with Gasteiger partial charge in [0.1, 0.15) is 22.8 Å². The molecule has 2 aromatic carbocycles. The second kappa shape index (κ2) is 7.00. The van der Waals surface area contributed by atoms with Gasteiger partial charge in [-0.3, -0.25) is 14.0 Å². The third-order valence-electron chi connectivity index (χ3n) is 4.85. The van der Waals surface area contributed by atoms with Crippen molar-refractivity contribution in [1.82, 2.24) is 29.3 Å². The number of imidazole rings is 1. The summed E-state index contributed by atoms with van der Waals surface area (Å²) in [6.45, 7) is 2.11. The molecule has 0 unspecified atom stereocenters. The summed E-state index contributed by atoms with van der Waals surface area (Å²) >= 11 is 5.91. The van der Waals surface area contributed by atoms with E-state index in [9.17, 15) is 4.79 Å². The molecule has 150 valence electrons. The molecular formula is C21H17ClN6O2. The number of fused-ring (bicyclic) bond motifs is 2. The number of aromatic nitrogens is 6. The summed E-state index contributed by atoms with van der Waals surface area (Å²) in [6.07, 6.45) is 1.53. The largest absolute Gasteiger partial charge is 0.457 e. The molecule has 0 aliphatic rings. The normalized spacial score (nSPS) is 11.4. The Labute approximate surface area is 175 Å². The molecular weight excluding hydrogens is 404 g/mol. The van der Waals surface area contributed by atoms with Gasteiger partial charge in [0.05, 0.1) is 29.6 Å². The van der Waals surface area contributed by atoms with Crippen molar-refractivity contribution < 1.29 is 4.74 Å². The monoisotopic (exact) mass is 420 g/mol. The van der Waals surface area contributed by atoms with Crippen LogP contribution in [0.2, 0.25) is 5.02 Å². The smallest absolute Gasteiger partial charge is 0.279 e. The molecule has 1 N–H and O–H groups in total. The number of nitrogens with zero attached hydrogens (tertiary/aromatic N) is 5. The van der Waals surface area contributed by atoms with Gasteiger partial charge in [-0.1, -0.05) is 11.6 Å². The maximum Gasteiger partial charge on any atom is 0.279 e. The fourth-order valence-corrected chi connectivity index (χ4v) is 3.58. The van der Waals surface area contributed by atoms with Crippen LogP contribution in [-0.2, 0) is 13.6 Å². The summed E-state index contributed by atoms with van der Waals surface area (Å²) in [5.41, 5.74) is 3.27. The third-order valence-corrected chi connectivity index (χ3v) is 5.10. The summed E-state index contributed by atoms with van der Waals surface area (Å²) in [5, 5.41) is 4.93. The standard InChI is InChI=1S/C21H17ClN6O2/c1-12-19-20(27(2)26-12)21(29)28(11-23-19)10-18-24-16-8-7-15(9-17(16)25-18)30-14-5-3-13(22)4-6-14/h3-9,11H,10H2,1-2H3,(H,24,25). The van der Waals surface area contributed by atoms with Crippen LogP contribution in [0, 0.1) is 6.92 Å². The minimum Gasteiger partial charge on any atom is -0.457 e. The van der Waals surface area contributed by atoms with Crippen LogP contribution in [-0.4, -0.2) is 29.3 Å². The average Bonchev–Trinajstić information content (AvgIpc) is 3.25. The van der Waals surface area contributed by atoms with Crippen molar-refractivity contribution in [3.05, 3.63) is 75.7 Å². The molecule has 0 amide bonds. The van der Waals surface area contributed by atoms with E-state index in [1.165, 1.54) is 10.9 Å². The third kappa shape index (κ3) is 3.21. The highest BCUT2D eigenvalue weighted by Crippen LogP contribution is 2.26. The zero-order chi connectivity index (χ0) is 20.8. The summed E-state index contributed by atoms with van der Waals surface area (Å²) in [4.78, 5) is 25.1. The first-order chi connectivity index (χ1) is 14.5. The Morgan fingerprint density at radius 2 is 1.90 bits per heavy atom. The molecule has 5 aromatic rings. The molecule has 0 aliphatic carbocycles. The van der Waals surface area contributed by atoms with Gasteiger partial charge < -0.3 is 9.72 Å². The van der Waals surface area contributed by atoms with Crippen molar-refractivity contribution >= 4 is 33.7 Å². The van der Waals surface area contributed by atoms with Gasteiger partial charge in [-0.15, -0.1) is 0 Å². The number of benzene rings is 2. The van der Waals surface area contributed by atoms with E-state index in [1.54, 1.807) is 36.0 Å². The maximum absolute atomic E-state index is 12.9. The Kier molecular flexibility index (Phi) is 4.29. The molecule has 0 saturated heterocycles. The van der Waals surface area contributed by atoms with Gasteiger partial charge in [0, 0.05) is 18.1 Å². The van der Waals surface area contributed by atoms with Gasteiger partial charge >= 0.3 is 0 Å². The highest BCUT2D eigenvalue weighted by molar-refractivity contribution is 6.30. The summed E-state index contributed by atoms with van der Waals surface area (Å²) in [7, 11) is 1.74. The Hall–Kier alpha value is -3.65. The van der Waals surface area contributed by atoms with E-state index >= 15 is 0 Å². The van der Waals surface area contributed by atoms with Crippen LogP contribution < -0.4 is 10.3 Å². The number of H-pyrrole nitrogens is 1. The predicted octanol–water partition coefficient (Wildman–Crippen LogP) is 3.81. The van der Waals surface area contributed by atoms with Crippen LogP contribution >= 0.6 is 11.6 Å². The van der Waals surface area contributed by atoms with Crippen LogP contribution in [0.5, 0.6) is 11.5 Å². The second-order valence-electron chi connectivity index (χ2n) is 7.00. The Bertz CT molecular complexity index is 1450. The lowest BCUT2D eigenvalue weighted by molar-refractivity contribution is 0.483. The van der Waals surface area contributed by atoms with Crippen LogP contribution in [0.15, 0.2) is 53.6 Å². The SMILES string of the molecule is Cc1nn(C)c2c(=O)n(Cc3nc4ccc(Oc5ccc(Cl)cc5)cc4[nH]3)cnc12. The van der Waals surface area contributed by atoms with Crippen LogP contribution in [0.3, 0.4) is 0 Å². The molecule has 9 heteroatoms. The van der Waals surface area contributed by atoms with Crippen molar-refractivity contribution in [3.63, 3.8) is 0 Å². The topological polar surface area (TPSA) is 90.6 Å². The van der Waals surface area contributed by atoms with E-state index in [0.29, 0.717) is 33.4 Å². The number of halogens is 1. The van der Waals surface area contributed by atoms with Gasteiger partial charge in [-0.05, 0) is 43.3 Å². The highest BCUT2D eigenvalue weighted by atomic mass is 35.5. The fraction of sp³-hybridized carbons (Fsp3) is 0.143. The Morgan fingerprint density at radius 3 is 2.70 bits per heavy atom. The highest BCUT2D eigenvalue weighted by Gasteiger charge is 2.13. The number of nitrogens with one attached hydrogen (secondary N) is 1. The molecule has 0 atom stereocenters. The van der Waals surface area contributed by atoms with Crippen molar-refractivity contribution in [2.24, 2.45) is 7.05 Å². The van der Waals surface area contributed by atoms with Crippen molar-refractivity contribution in [1.29, 1.82) is 0 Å². The van der Waals surface area contributed by atoms with E-state index in [2.05, 4.69) is 20.1 Å². The molecule has 30 heavy (non-hydrogen) atoms. The van der Waals surface area contributed by atoms with Gasteiger partial charge in [0.15, 0.2) is 5.52 Å². The number of hydrogen-bond acceptors (Lipinski definition) is 5. The van der Waals surface area contributed by atoms with Crippen molar-refractivity contribution in [2.75, 3.05) is 0 Å². The van der Waals surface area contributed by atoms with Gasteiger partial charge in [0.25, 0.3) is 5.56 Å². The zero-order valence-electron chi connectivity index (χ0n) is 16.3. The van der Waals surface area contributed by atoms with Crippen molar-refractivity contribution in [3.8, 4) is 11.5 Å². The van der Waals surface area contributed by atoms with E-state index in [-0.39, 0.29) is 12.1 Å². The quantitative estimate of drug-likeness (QED) is 0.477. The lowest BCUT2D eigenvalue weighted by Gasteiger charge is -2.05. The summed E-state index contributed by atoms with van der Waals surface area (Å²) in [6, 6.07) is 12.7. The lowest BCUT2D eigenvalue weighted by Crippen LogP contribution is -2.23. The number of hydrogen-bond donors (Lipinski definition) is 1. The fourth-order valence-electron chi connectivity index (χ4n) is 3.45. The molecule has 0 aliphatic heterocycles. The first-order valence-corrected chi connectivity index (χ1v) is 9.66. The molecule has 0 bridgehead atoms. The summed E-state index contributed by atoms with van der Waals surface area (Å²) < 4.78 is 8.96. The van der Waals surface area contributed by atoms with E-state index in [0.717, 1.165) is 16.7 Å². The first kappa shape index (κ1) is 18.4.